The molecule has 1 aliphatic rings. The van der Waals surface area contributed by atoms with E-state index in [1.54, 1.807) is 14.2 Å². The Morgan fingerprint density at radius 1 is 1.15 bits per heavy atom. The van der Waals surface area contributed by atoms with Crippen LogP contribution >= 0.6 is 7.15 Å². The van der Waals surface area contributed by atoms with E-state index in [2.05, 4.69) is 10.6 Å². The SMILES string of the molecule is COC[C@H](C)CC(NC(=O)CCCCO[C@@H]1O[C@H](CO)[C@H](O)[C@H](OC)[C@H]1NC(C)=O)[C@H](CO[P+](=S)OC)OC. The minimum absolute atomic E-state index is 0.146. The molecule has 2 amide bonds. The lowest BCUT2D eigenvalue weighted by Crippen LogP contribution is -2.65. The largest absolute Gasteiger partial charge is 0.521 e. The zero-order valence-electron chi connectivity index (χ0n) is 23.7. The minimum Gasteiger partial charge on any atom is -0.394 e. The van der Waals surface area contributed by atoms with E-state index in [9.17, 15) is 19.8 Å². The highest BCUT2D eigenvalue weighted by atomic mass is 32.4. The van der Waals surface area contributed by atoms with Crippen molar-refractivity contribution in [2.45, 2.75) is 82.3 Å². The summed E-state index contributed by atoms with van der Waals surface area (Å²) in [5.41, 5.74) is 0. The molecule has 0 aromatic rings. The highest BCUT2D eigenvalue weighted by Crippen LogP contribution is 2.25. The van der Waals surface area contributed by atoms with Crippen LogP contribution in [0.5, 0.6) is 0 Å². The molecule has 0 bridgehead atoms. The van der Waals surface area contributed by atoms with Crippen molar-refractivity contribution in [3.63, 3.8) is 0 Å². The first-order valence-electron chi connectivity index (χ1n) is 12.9. The number of hydrogen-bond acceptors (Lipinski definition) is 12. The molecule has 0 saturated carbocycles. The van der Waals surface area contributed by atoms with Crippen molar-refractivity contribution in [1.29, 1.82) is 0 Å². The van der Waals surface area contributed by atoms with Crippen LogP contribution in [0.1, 0.15) is 39.5 Å². The van der Waals surface area contributed by atoms with Gasteiger partial charge in [0, 0.05) is 47.9 Å². The minimum atomic E-state index is -1.44. The van der Waals surface area contributed by atoms with Gasteiger partial charge in [-0.15, -0.1) is 9.05 Å². The van der Waals surface area contributed by atoms with E-state index in [0.29, 0.717) is 25.9 Å². The van der Waals surface area contributed by atoms with Gasteiger partial charge in [-0.2, -0.15) is 0 Å². The highest BCUT2D eigenvalue weighted by molar-refractivity contribution is 8.00. The summed E-state index contributed by atoms with van der Waals surface area (Å²) >= 11 is 5.08. The number of carbonyl (C=O) groups is 2. The number of carbonyl (C=O) groups excluding carboxylic acids is 2. The maximum absolute atomic E-state index is 12.8. The van der Waals surface area contributed by atoms with E-state index in [-0.39, 0.29) is 43.4 Å². The second kappa shape index (κ2) is 20.1. The molecule has 1 saturated heterocycles. The van der Waals surface area contributed by atoms with Gasteiger partial charge in [0.05, 0.1) is 19.8 Å². The predicted octanol–water partition coefficient (Wildman–Crippen LogP) is 0.380. The Kier molecular flexibility index (Phi) is 18.6. The fraction of sp³-hybridized carbons (Fsp3) is 0.917. The molecule has 0 spiro atoms. The summed E-state index contributed by atoms with van der Waals surface area (Å²) in [7, 11) is 4.62. The number of hydrogen-bond donors (Lipinski definition) is 4. The molecular weight excluding hydrogens is 555 g/mol. The van der Waals surface area contributed by atoms with Crippen LogP contribution in [0.25, 0.3) is 0 Å². The van der Waals surface area contributed by atoms with Crippen LogP contribution in [-0.2, 0) is 54.1 Å². The monoisotopic (exact) mass is 601 g/mol. The lowest BCUT2D eigenvalue weighted by molar-refractivity contribution is -0.273. The van der Waals surface area contributed by atoms with Crippen LogP contribution < -0.4 is 10.6 Å². The Balaban J connectivity index is 2.65. The van der Waals surface area contributed by atoms with Crippen molar-refractivity contribution in [1.82, 2.24) is 10.6 Å². The maximum atomic E-state index is 12.8. The molecule has 0 radical (unpaired) electrons. The van der Waals surface area contributed by atoms with Gasteiger partial charge in [-0.25, -0.2) is 0 Å². The zero-order chi connectivity index (χ0) is 29.4. The summed E-state index contributed by atoms with van der Waals surface area (Å²) in [5.74, 6) is -0.318. The molecule has 9 atom stereocenters. The van der Waals surface area contributed by atoms with Gasteiger partial charge in [0.2, 0.25) is 23.6 Å². The third kappa shape index (κ3) is 13.1. The van der Waals surface area contributed by atoms with Crippen LogP contribution in [0.2, 0.25) is 0 Å². The fourth-order valence-electron chi connectivity index (χ4n) is 4.37. The summed E-state index contributed by atoms with van der Waals surface area (Å²) in [6.45, 7) is 3.86. The molecule has 1 aliphatic heterocycles. The number of aliphatic hydroxyl groups is 2. The summed E-state index contributed by atoms with van der Waals surface area (Å²) in [6, 6.07) is -1.09. The van der Waals surface area contributed by atoms with Crippen LogP contribution in [0.4, 0.5) is 0 Å². The summed E-state index contributed by atoms with van der Waals surface area (Å²) in [4.78, 5) is 24.5. The average Bonchev–Trinajstić information content (AvgIpc) is 2.89. The summed E-state index contributed by atoms with van der Waals surface area (Å²) in [6.07, 6.45) is -2.33. The van der Waals surface area contributed by atoms with Gasteiger partial charge in [0.25, 0.3) is 0 Å². The van der Waals surface area contributed by atoms with Crippen LogP contribution in [0, 0.1) is 5.92 Å². The number of methoxy groups -OCH3 is 3. The van der Waals surface area contributed by atoms with Crippen LogP contribution in [0.3, 0.4) is 0 Å². The van der Waals surface area contributed by atoms with Gasteiger partial charge < -0.3 is 44.5 Å². The molecule has 1 rings (SSSR count). The number of rotatable bonds is 20. The van der Waals surface area contributed by atoms with Crippen molar-refractivity contribution in [3.05, 3.63) is 0 Å². The third-order valence-electron chi connectivity index (χ3n) is 6.27. The summed E-state index contributed by atoms with van der Waals surface area (Å²) in [5, 5.41) is 25.7. The molecule has 39 heavy (non-hydrogen) atoms. The van der Waals surface area contributed by atoms with Crippen LogP contribution in [-0.4, -0.2) is 120 Å². The zero-order valence-corrected chi connectivity index (χ0v) is 25.4. The Bertz CT molecular complexity index is 738. The average molecular weight is 602 g/mol. The van der Waals surface area contributed by atoms with E-state index in [4.69, 9.17) is 44.5 Å². The van der Waals surface area contributed by atoms with Crippen LogP contribution in [0.15, 0.2) is 0 Å². The second-order valence-electron chi connectivity index (χ2n) is 9.42. The van der Waals surface area contributed by atoms with E-state index < -0.39 is 50.5 Å². The van der Waals surface area contributed by atoms with E-state index in [1.807, 2.05) is 6.92 Å². The topological polar surface area (TPSA) is 163 Å². The van der Waals surface area contributed by atoms with Crippen molar-refractivity contribution in [3.8, 4) is 0 Å². The molecule has 0 aromatic heterocycles. The molecule has 13 nitrogen and oxygen atoms in total. The Hall–Kier alpha value is -0.900. The normalized spacial score (nSPS) is 25.9. The standard InChI is InChI=1S/C24H45N2O11PS/c1-15(13-31-3)11-17(19(32-4)14-36-38(39)34-6)26-20(29)9-7-8-10-35-24-21(25-16(2)28)23(33-5)22(30)18(12-27)37-24/h15,17-19,21-24,27,30H,7-14H2,1-6H3,(H-,25,26,28,29)/p+1/t15-,17?,18-,19+,21-,22+,23-,24-/m1/s1. The number of ether oxygens (including phenoxy) is 5. The first-order chi connectivity index (χ1) is 18.6. The first kappa shape index (κ1) is 36.1. The fourth-order valence-corrected chi connectivity index (χ4v) is 4.93. The quantitative estimate of drug-likeness (QED) is 0.112. The van der Waals surface area contributed by atoms with Crippen molar-refractivity contribution >= 4 is 30.8 Å². The van der Waals surface area contributed by atoms with Gasteiger partial charge in [-0.1, -0.05) is 6.92 Å². The molecule has 1 fully saturated rings. The molecule has 0 aromatic carbocycles. The van der Waals surface area contributed by atoms with Gasteiger partial charge in [-0.05, 0) is 25.2 Å². The van der Waals surface area contributed by atoms with Crippen molar-refractivity contribution < 1.29 is 52.5 Å². The smallest absolute Gasteiger partial charge is 0.394 e. The second-order valence-corrected chi connectivity index (χ2v) is 11.4. The van der Waals surface area contributed by atoms with Crippen molar-refractivity contribution in [2.24, 2.45) is 5.92 Å². The molecule has 2 unspecified atom stereocenters. The number of aliphatic hydroxyl groups excluding tert-OH is 2. The maximum Gasteiger partial charge on any atom is 0.521 e. The number of nitrogens with one attached hydrogen (secondary N) is 2. The third-order valence-corrected chi connectivity index (χ3v) is 7.70. The highest BCUT2D eigenvalue weighted by Gasteiger charge is 2.46. The van der Waals surface area contributed by atoms with Gasteiger partial charge in [-0.3, -0.25) is 9.59 Å². The predicted molar refractivity (Wildman–Crippen MR) is 146 cm³/mol. The molecule has 15 heteroatoms. The van der Waals surface area contributed by atoms with E-state index >= 15 is 0 Å². The Morgan fingerprint density at radius 3 is 2.44 bits per heavy atom. The summed E-state index contributed by atoms with van der Waals surface area (Å²) < 4.78 is 38.3. The number of amides is 2. The van der Waals surface area contributed by atoms with Gasteiger partial charge >= 0.3 is 7.15 Å². The van der Waals surface area contributed by atoms with E-state index in [1.165, 1.54) is 21.1 Å². The Morgan fingerprint density at radius 2 is 1.87 bits per heavy atom. The van der Waals surface area contributed by atoms with Gasteiger partial charge in [0.15, 0.2) is 6.29 Å². The first-order valence-corrected chi connectivity index (χ1v) is 15.1. The molecule has 4 N–H and O–H groups in total. The lowest BCUT2D eigenvalue weighted by Gasteiger charge is -2.43. The molecule has 228 valence electrons. The Labute approximate surface area is 237 Å². The molecular formula is C24H46N2O11PS+. The molecule has 0 aliphatic carbocycles. The lowest BCUT2D eigenvalue weighted by atomic mass is 9.96. The molecule has 1 heterocycles. The van der Waals surface area contributed by atoms with Gasteiger partial charge in [0.1, 0.15) is 37.1 Å². The van der Waals surface area contributed by atoms with Crippen molar-refractivity contribution in [2.75, 3.05) is 54.9 Å². The van der Waals surface area contributed by atoms with E-state index in [0.717, 1.165) is 0 Å². The number of unbranched alkanes of at least 4 members (excludes halogenated alkanes) is 1.